The maximum atomic E-state index is 12.7. The zero-order valence-electron chi connectivity index (χ0n) is 17.5. The first-order valence-electron chi connectivity index (χ1n) is 9.59. The molecule has 0 aliphatic carbocycles. The quantitative estimate of drug-likeness (QED) is 0.635. The number of hydrogen-bond acceptors (Lipinski definition) is 4. The number of ether oxygens (including phenoxy) is 1. The van der Waals surface area contributed by atoms with Crippen molar-refractivity contribution in [3.05, 3.63) is 83.7 Å². The lowest BCUT2D eigenvalue weighted by Crippen LogP contribution is -2.17. The van der Waals surface area contributed by atoms with Crippen molar-refractivity contribution >= 4 is 23.2 Å². The van der Waals surface area contributed by atoms with Crippen molar-refractivity contribution in [3.63, 3.8) is 0 Å². The maximum Gasteiger partial charge on any atom is 0.255 e. The highest BCUT2D eigenvalue weighted by Gasteiger charge is 2.16. The molecule has 0 unspecified atom stereocenters. The number of aromatic nitrogens is 1. The summed E-state index contributed by atoms with van der Waals surface area (Å²) < 4.78 is 5.11. The number of pyridine rings is 1. The van der Waals surface area contributed by atoms with Crippen molar-refractivity contribution in [1.29, 1.82) is 0 Å². The number of carbonyl (C=O) groups excluding carboxylic acids is 2. The second-order valence-corrected chi connectivity index (χ2v) is 7.89. The summed E-state index contributed by atoms with van der Waals surface area (Å²) >= 11 is 0. The number of rotatable bonds is 5. The minimum absolute atomic E-state index is 0.0112. The molecule has 1 aromatic heterocycles. The highest BCUT2D eigenvalue weighted by Crippen LogP contribution is 2.24. The molecule has 6 nitrogen and oxygen atoms in total. The van der Waals surface area contributed by atoms with E-state index in [2.05, 4.69) is 36.4 Å². The van der Waals surface area contributed by atoms with Crippen LogP contribution in [0, 0.1) is 0 Å². The van der Waals surface area contributed by atoms with Crippen molar-refractivity contribution in [1.82, 2.24) is 4.98 Å². The fourth-order valence-corrected chi connectivity index (χ4v) is 2.86. The lowest BCUT2D eigenvalue weighted by atomic mass is 9.87. The van der Waals surface area contributed by atoms with Crippen molar-refractivity contribution in [2.24, 2.45) is 0 Å². The first-order valence-corrected chi connectivity index (χ1v) is 9.59. The fraction of sp³-hybridized carbons (Fsp3) is 0.208. The van der Waals surface area contributed by atoms with E-state index in [1.807, 2.05) is 12.1 Å². The van der Waals surface area contributed by atoms with E-state index in [4.69, 9.17) is 4.74 Å². The molecule has 0 spiro atoms. The Bertz CT molecular complexity index is 1040. The van der Waals surface area contributed by atoms with E-state index in [9.17, 15) is 9.59 Å². The summed E-state index contributed by atoms with van der Waals surface area (Å²) in [5, 5.41) is 5.64. The average molecular weight is 403 g/mol. The monoisotopic (exact) mass is 403 g/mol. The predicted molar refractivity (Wildman–Crippen MR) is 118 cm³/mol. The standard InChI is InChI=1S/C24H25N3O3/c1-24(2,3)18-9-5-16(6-10-18)23(29)27-21-15-25-14-13-20(21)26-22(28)17-7-11-19(30-4)12-8-17/h5-15H,1-4H3,(H,27,29)(H,25,26,28). The van der Waals surface area contributed by atoms with Gasteiger partial charge < -0.3 is 15.4 Å². The van der Waals surface area contributed by atoms with Crippen LogP contribution in [0.4, 0.5) is 11.4 Å². The number of nitrogens with one attached hydrogen (secondary N) is 2. The van der Waals surface area contributed by atoms with E-state index in [1.54, 1.807) is 55.8 Å². The van der Waals surface area contributed by atoms with Gasteiger partial charge in [-0.1, -0.05) is 32.9 Å². The molecule has 2 amide bonds. The van der Waals surface area contributed by atoms with Crippen LogP contribution in [0.1, 0.15) is 47.1 Å². The smallest absolute Gasteiger partial charge is 0.255 e. The SMILES string of the molecule is COc1ccc(C(=O)Nc2ccncc2NC(=O)c2ccc(C(C)(C)C)cc2)cc1. The van der Waals surface area contributed by atoms with E-state index >= 15 is 0 Å². The molecular formula is C24H25N3O3. The molecule has 0 radical (unpaired) electrons. The number of anilines is 2. The Kier molecular flexibility index (Phi) is 6.16. The van der Waals surface area contributed by atoms with E-state index < -0.39 is 0 Å². The second-order valence-electron chi connectivity index (χ2n) is 7.89. The molecule has 2 aromatic carbocycles. The topological polar surface area (TPSA) is 80.3 Å². The highest BCUT2D eigenvalue weighted by atomic mass is 16.5. The van der Waals surface area contributed by atoms with Crippen LogP contribution in [0.15, 0.2) is 67.0 Å². The Morgan fingerprint density at radius 1 is 0.800 bits per heavy atom. The first-order chi connectivity index (χ1) is 14.3. The van der Waals surface area contributed by atoms with Gasteiger partial charge in [0.15, 0.2) is 0 Å². The van der Waals surface area contributed by atoms with Crippen molar-refractivity contribution in [3.8, 4) is 5.75 Å². The molecule has 3 rings (SSSR count). The normalized spacial score (nSPS) is 10.9. The van der Waals surface area contributed by atoms with Gasteiger partial charge in [-0.15, -0.1) is 0 Å². The highest BCUT2D eigenvalue weighted by molar-refractivity contribution is 6.09. The third-order valence-electron chi connectivity index (χ3n) is 4.68. The van der Waals surface area contributed by atoms with Gasteiger partial charge in [0, 0.05) is 17.3 Å². The van der Waals surface area contributed by atoms with Gasteiger partial charge in [0.25, 0.3) is 11.8 Å². The Balaban J connectivity index is 1.74. The maximum absolute atomic E-state index is 12.7. The summed E-state index contributed by atoms with van der Waals surface area (Å²) in [6.07, 6.45) is 3.06. The van der Waals surface area contributed by atoms with Gasteiger partial charge in [0.1, 0.15) is 5.75 Å². The average Bonchev–Trinajstić information content (AvgIpc) is 2.74. The molecule has 0 aliphatic rings. The Labute approximate surface area is 176 Å². The fourth-order valence-electron chi connectivity index (χ4n) is 2.86. The van der Waals surface area contributed by atoms with Crippen LogP contribution in [0.5, 0.6) is 5.75 Å². The molecule has 0 fully saturated rings. The number of methoxy groups -OCH3 is 1. The number of nitrogens with zero attached hydrogens (tertiary/aromatic N) is 1. The molecule has 0 aliphatic heterocycles. The van der Waals surface area contributed by atoms with E-state index in [0.717, 1.165) is 5.56 Å². The number of hydrogen-bond donors (Lipinski definition) is 2. The molecule has 30 heavy (non-hydrogen) atoms. The molecule has 0 saturated heterocycles. The summed E-state index contributed by atoms with van der Waals surface area (Å²) in [4.78, 5) is 29.3. The summed E-state index contributed by atoms with van der Waals surface area (Å²) in [7, 11) is 1.57. The minimum Gasteiger partial charge on any atom is -0.497 e. The molecule has 0 saturated carbocycles. The molecule has 154 valence electrons. The largest absolute Gasteiger partial charge is 0.497 e. The molecule has 0 atom stereocenters. The van der Waals surface area contributed by atoms with Crippen LogP contribution in [0.2, 0.25) is 0 Å². The van der Waals surface area contributed by atoms with Crippen LogP contribution < -0.4 is 15.4 Å². The predicted octanol–water partition coefficient (Wildman–Crippen LogP) is 4.89. The Hall–Kier alpha value is -3.67. The summed E-state index contributed by atoms with van der Waals surface area (Å²) in [6.45, 7) is 6.36. The number of amides is 2. The molecule has 2 N–H and O–H groups in total. The lowest BCUT2D eigenvalue weighted by molar-refractivity contribution is 0.101. The summed E-state index contributed by atoms with van der Waals surface area (Å²) in [5.74, 6) is 0.0955. The summed E-state index contributed by atoms with van der Waals surface area (Å²) in [5.41, 5.74) is 3.04. The molecule has 6 heteroatoms. The second kappa shape index (κ2) is 8.78. The van der Waals surface area contributed by atoms with Crippen molar-refractivity contribution in [2.75, 3.05) is 17.7 Å². The van der Waals surface area contributed by atoms with Crippen LogP contribution >= 0.6 is 0 Å². The van der Waals surface area contributed by atoms with Crippen molar-refractivity contribution in [2.45, 2.75) is 26.2 Å². The zero-order chi connectivity index (χ0) is 21.7. The Morgan fingerprint density at radius 2 is 1.33 bits per heavy atom. The van der Waals surface area contributed by atoms with Gasteiger partial charge in [-0.3, -0.25) is 14.6 Å². The zero-order valence-corrected chi connectivity index (χ0v) is 17.5. The van der Waals surface area contributed by atoms with Crippen LogP contribution in [0.25, 0.3) is 0 Å². The van der Waals surface area contributed by atoms with Gasteiger partial charge in [-0.2, -0.15) is 0 Å². The van der Waals surface area contributed by atoms with Gasteiger partial charge in [0.2, 0.25) is 0 Å². The van der Waals surface area contributed by atoms with Crippen LogP contribution in [-0.2, 0) is 5.41 Å². The van der Waals surface area contributed by atoms with Gasteiger partial charge in [-0.25, -0.2) is 0 Å². The molecule has 0 bridgehead atoms. The van der Waals surface area contributed by atoms with Gasteiger partial charge in [0.05, 0.1) is 24.7 Å². The minimum atomic E-state index is -0.297. The van der Waals surface area contributed by atoms with Crippen LogP contribution in [0.3, 0.4) is 0 Å². The molecule has 3 aromatic rings. The summed E-state index contributed by atoms with van der Waals surface area (Å²) in [6, 6.07) is 15.9. The van der Waals surface area contributed by atoms with Gasteiger partial charge in [-0.05, 0) is 53.4 Å². The molecular weight excluding hydrogens is 378 g/mol. The van der Waals surface area contributed by atoms with E-state index in [1.165, 1.54) is 6.20 Å². The number of carbonyl (C=O) groups is 2. The third kappa shape index (κ3) is 5.03. The van der Waals surface area contributed by atoms with Crippen LogP contribution in [-0.4, -0.2) is 23.9 Å². The van der Waals surface area contributed by atoms with E-state index in [-0.39, 0.29) is 17.2 Å². The van der Waals surface area contributed by atoms with Gasteiger partial charge >= 0.3 is 0 Å². The lowest BCUT2D eigenvalue weighted by Gasteiger charge is -2.19. The van der Waals surface area contributed by atoms with E-state index in [0.29, 0.717) is 28.3 Å². The molecule has 1 heterocycles. The Morgan fingerprint density at radius 3 is 1.87 bits per heavy atom. The third-order valence-corrected chi connectivity index (χ3v) is 4.68. The first kappa shape index (κ1) is 21.0. The van der Waals surface area contributed by atoms with Crippen molar-refractivity contribution < 1.29 is 14.3 Å². The number of benzene rings is 2.